The van der Waals surface area contributed by atoms with E-state index in [0.717, 1.165) is 11.3 Å². The first-order chi connectivity index (χ1) is 6.53. The average Bonchev–Trinajstić information content (AvgIpc) is 2.14. The SMILES string of the molecule is CO/C(=C\[Si](C)(C)C)c1ccccc1. The Morgan fingerprint density at radius 3 is 2.14 bits per heavy atom. The third-order valence-corrected chi connectivity index (χ3v) is 2.97. The zero-order valence-corrected chi connectivity index (χ0v) is 10.4. The van der Waals surface area contributed by atoms with Gasteiger partial charge in [0.1, 0.15) is 5.76 Å². The number of benzene rings is 1. The van der Waals surface area contributed by atoms with Gasteiger partial charge in [0.25, 0.3) is 0 Å². The summed E-state index contributed by atoms with van der Waals surface area (Å²) in [5.41, 5.74) is 3.44. The van der Waals surface area contributed by atoms with Crippen LogP contribution in [0.2, 0.25) is 19.6 Å². The van der Waals surface area contributed by atoms with Gasteiger partial charge in [-0.1, -0.05) is 55.7 Å². The maximum absolute atomic E-state index is 5.41. The van der Waals surface area contributed by atoms with Crippen molar-refractivity contribution >= 4 is 13.8 Å². The minimum absolute atomic E-state index is 1.00. The van der Waals surface area contributed by atoms with Gasteiger partial charge in [0.2, 0.25) is 0 Å². The molecule has 1 aromatic carbocycles. The van der Waals surface area contributed by atoms with Crippen LogP contribution in [-0.2, 0) is 4.74 Å². The maximum atomic E-state index is 5.41. The van der Waals surface area contributed by atoms with E-state index in [4.69, 9.17) is 4.74 Å². The molecule has 0 amide bonds. The van der Waals surface area contributed by atoms with Crippen molar-refractivity contribution < 1.29 is 4.74 Å². The molecule has 1 aromatic rings. The van der Waals surface area contributed by atoms with Gasteiger partial charge in [0, 0.05) is 5.56 Å². The fourth-order valence-corrected chi connectivity index (χ4v) is 2.33. The van der Waals surface area contributed by atoms with Crippen molar-refractivity contribution in [3.63, 3.8) is 0 Å². The molecule has 0 N–H and O–H groups in total. The van der Waals surface area contributed by atoms with E-state index in [1.54, 1.807) is 7.11 Å². The Morgan fingerprint density at radius 1 is 1.14 bits per heavy atom. The highest BCUT2D eigenvalue weighted by Crippen LogP contribution is 2.18. The second-order valence-electron chi connectivity index (χ2n) is 4.44. The lowest BCUT2D eigenvalue weighted by molar-refractivity contribution is 0.370. The standard InChI is InChI=1S/C12H18OSi/c1-13-12(10-14(2,3)4)11-8-6-5-7-9-11/h5-10H,1-4H3/b12-10-. The monoisotopic (exact) mass is 206 g/mol. The molecule has 0 aromatic heterocycles. The molecule has 0 saturated carbocycles. The van der Waals surface area contributed by atoms with E-state index in [1.165, 1.54) is 0 Å². The van der Waals surface area contributed by atoms with E-state index in [0.29, 0.717) is 0 Å². The molecule has 0 radical (unpaired) electrons. The molecule has 0 aliphatic carbocycles. The lowest BCUT2D eigenvalue weighted by atomic mass is 10.2. The van der Waals surface area contributed by atoms with Crippen molar-refractivity contribution in [2.24, 2.45) is 0 Å². The summed E-state index contributed by atoms with van der Waals surface area (Å²) < 4.78 is 5.41. The molecule has 2 heteroatoms. The summed E-state index contributed by atoms with van der Waals surface area (Å²) in [6.07, 6.45) is 0. The van der Waals surface area contributed by atoms with Crippen molar-refractivity contribution in [2.75, 3.05) is 7.11 Å². The van der Waals surface area contributed by atoms with Crippen molar-refractivity contribution in [3.05, 3.63) is 41.6 Å². The Morgan fingerprint density at radius 2 is 1.71 bits per heavy atom. The molecule has 0 aliphatic rings. The lowest BCUT2D eigenvalue weighted by Crippen LogP contribution is -2.17. The molecule has 76 valence electrons. The van der Waals surface area contributed by atoms with E-state index < -0.39 is 8.07 Å². The van der Waals surface area contributed by atoms with Crippen LogP contribution in [0.1, 0.15) is 5.56 Å². The van der Waals surface area contributed by atoms with Crippen LogP contribution in [-0.4, -0.2) is 15.2 Å². The van der Waals surface area contributed by atoms with Crippen LogP contribution in [0.3, 0.4) is 0 Å². The number of ether oxygens (including phenoxy) is 1. The van der Waals surface area contributed by atoms with Gasteiger partial charge in [-0.25, -0.2) is 0 Å². The summed E-state index contributed by atoms with van der Waals surface area (Å²) in [6, 6.07) is 10.2. The second kappa shape index (κ2) is 4.47. The molecule has 0 fully saturated rings. The first-order valence-electron chi connectivity index (χ1n) is 4.85. The zero-order chi connectivity index (χ0) is 10.6. The molecule has 1 rings (SSSR count). The molecule has 0 aliphatic heterocycles. The normalized spacial score (nSPS) is 12.7. The van der Waals surface area contributed by atoms with Crippen LogP contribution < -0.4 is 0 Å². The van der Waals surface area contributed by atoms with Crippen LogP contribution in [0.25, 0.3) is 5.76 Å². The van der Waals surface area contributed by atoms with Crippen molar-refractivity contribution in [1.82, 2.24) is 0 Å². The molecule has 0 spiro atoms. The van der Waals surface area contributed by atoms with E-state index in [-0.39, 0.29) is 0 Å². The third kappa shape index (κ3) is 3.38. The van der Waals surface area contributed by atoms with Crippen LogP contribution >= 0.6 is 0 Å². The summed E-state index contributed by atoms with van der Waals surface area (Å²) in [6.45, 7) is 6.90. The van der Waals surface area contributed by atoms with Crippen LogP contribution in [0.5, 0.6) is 0 Å². The van der Waals surface area contributed by atoms with Gasteiger partial charge < -0.3 is 4.74 Å². The lowest BCUT2D eigenvalue weighted by Gasteiger charge is -2.13. The Bertz CT molecular complexity index is 309. The van der Waals surface area contributed by atoms with Crippen molar-refractivity contribution in [1.29, 1.82) is 0 Å². The molecule has 0 atom stereocenters. The van der Waals surface area contributed by atoms with Gasteiger partial charge >= 0.3 is 0 Å². The summed E-state index contributed by atoms with van der Waals surface area (Å²) in [5, 5.41) is 0. The molecule has 0 unspecified atom stereocenters. The van der Waals surface area contributed by atoms with Crippen LogP contribution in [0, 0.1) is 0 Å². The van der Waals surface area contributed by atoms with Gasteiger partial charge in [-0.2, -0.15) is 0 Å². The molecule has 0 heterocycles. The number of rotatable bonds is 3. The first kappa shape index (κ1) is 11.1. The summed E-state index contributed by atoms with van der Waals surface area (Å²) in [7, 11) is 0.524. The minimum Gasteiger partial charge on any atom is -0.497 e. The fourth-order valence-electron chi connectivity index (χ4n) is 1.26. The van der Waals surface area contributed by atoms with Gasteiger partial charge in [-0.05, 0) is 0 Å². The predicted molar refractivity (Wildman–Crippen MR) is 64.8 cm³/mol. The van der Waals surface area contributed by atoms with E-state index in [2.05, 4.69) is 37.5 Å². The Kier molecular flexibility index (Phi) is 3.53. The smallest absolute Gasteiger partial charge is 0.118 e. The highest BCUT2D eigenvalue weighted by molar-refractivity contribution is 6.81. The summed E-state index contributed by atoms with van der Waals surface area (Å²) >= 11 is 0. The number of methoxy groups -OCH3 is 1. The topological polar surface area (TPSA) is 9.23 Å². The molecule has 0 saturated heterocycles. The Labute approximate surface area is 87.4 Å². The van der Waals surface area contributed by atoms with E-state index in [1.807, 2.05) is 18.2 Å². The van der Waals surface area contributed by atoms with Crippen LogP contribution in [0.4, 0.5) is 0 Å². The summed E-state index contributed by atoms with van der Waals surface area (Å²) in [4.78, 5) is 0. The molecular weight excluding hydrogens is 188 g/mol. The highest BCUT2D eigenvalue weighted by atomic mass is 28.3. The predicted octanol–water partition coefficient (Wildman–Crippen LogP) is 3.55. The average molecular weight is 206 g/mol. The summed E-state index contributed by atoms with van der Waals surface area (Å²) in [5.74, 6) is 1.00. The Balaban J connectivity index is 3.00. The fraction of sp³-hybridized carbons (Fsp3) is 0.333. The highest BCUT2D eigenvalue weighted by Gasteiger charge is 2.12. The van der Waals surface area contributed by atoms with Gasteiger partial charge in [-0.15, -0.1) is 0 Å². The quantitative estimate of drug-likeness (QED) is 0.543. The maximum Gasteiger partial charge on any atom is 0.118 e. The van der Waals surface area contributed by atoms with Gasteiger partial charge in [0.05, 0.1) is 15.2 Å². The molecule has 14 heavy (non-hydrogen) atoms. The van der Waals surface area contributed by atoms with Gasteiger partial charge in [0.15, 0.2) is 0 Å². The molecule has 0 bridgehead atoms. The third-order valence-electron chi connectivity index (χ3n) is 1.84. The van der Waals surface area contributed by atoms with Crippen molar-refractivity contribution in [2.45, 2.75) is 19.6 Å². The zero-order valence-electron chi connectivity index (χ0n) is 9.37. The Hall–Kier alpha value is -1.02. The van der Waals surface area contributed by atoms with Gasteiger partial charge in [-0.3, -0.25) is 0 Å². The van der Waals surface area contributed by atoms with E-state index >= 15 is 0 Å². The van der Waals surface area contributed by atoms with E-state index in [9.17, 15) is 0 Å². The largest absolute Gasteiger partial charge is 0.497 e. The van der Waals surface area contributed by atoms with Crippen molar-refractivity contribution in [3.8, 4) is 0 Å². The molecule has 1 nitrogen and oxygen atoms in total. The minimum atomic E-state index is -1.21. The molecular formula is C12H18OSi. The second-order valence-corrected chi connectivity index (χ2v) is 9.47. The first-order valence-corrected chi connectivity index (χ1v) is 8.43. The number of hydrogen-bond donors (Lipinski definition) is 0. The number of hydrogen-bond acceptors (Lipinski definition) is 1. The van der Waals surface area contributed by atoms with Crippen LogP contribution in [0.15, 0.2) is 36.0 Å².